The summed E-state index contributed by atoms with van der Waals surface area (Å²) in [4.78, 5) is 0. The predicted octanol–water partition coefficient (Wildman–Crippen LogP) is 0.187. The maximum absolute atomic E-state index is 5.41. The van der Waals surface area contributed by atoms with Gasteiger partial charge in [0.05, 0.1) is 5.69 Å². The van der Waals surface area contributed by atoms with Crippen LogP contribution in [0.1, 0.15) is 11.3 Å². The van der Waals surface area contributed by atoms with Gasteiger partial charge in [0.1, 0.15) is 0 Å². The van der Waals surface area contributed by atoms with Crippen molar-refractivity contribution in [1.29, 1.82) is 0 Å². The molecule has 0 spiro atoms. The van der Waals surface area contributed by atoms with Crippen LogP contribution in [0.5, 0.6) is 0 Å². The van der Waals surface area contributed by atoms with Crippen molar-refractivity contribution in [2.75, 3.05) is 0 Å². The molecule has 0 aliphatic heterocycles. The molecule has 0 atom stereocenters. The van der Waals surface area contributed by atoms with E-state index >= 15 is 0 Å². The maximum atomic E-state index is 5.41. The Kier molecular flexibility index (Phi) is 1.53. The molecule has 0 aliphatic rings. The fraction of sp³-hybridized carbons (Fsp3) is 0.500. The average Bonchev–Trinajstić information content (AvgIpc) is 2.10. The smallest absolute Gasteiger partial charge is 0.0638 e. The molecule has 1 aromatic heterocycles. The highest BCUT2D eigenvalue weighted by Gasteiger charge is 1.97. The molecule has 0 saturated heterocycles. The summed E-state index contributed by atoms with van der Waals surface area (Å²) < 4.78 is 1.78. The Labute approximate surface area is 54.5 Å². The van der Waals surface area contributed by atoms with E-state index in [2.05, 4.69) is 5.10 Å². The predicted molar refractivity (Wildman–Crippen MR) is 35.8 cm³/mol. The van der Waals surface area contributed by atoms with Crippen molar-refractivity contribution in [2.45, 2.75) is 13.5 Å². The van der Waals surface area contributed by atoms with Crippen LogP contribution in [0.4, 0.5) is 0 Å². The summed E-state index contributed by atoms with van der Waals surface area (Å²) in [5.74, 6) is 0. The largest absolute Gasteiger partial charge is 0.326 e. The van der Waals surface area contributed by atoms with Gasteiger partial charge in [-0.3, -0.25) is 4.68 Å². The minimum atomic E-state index is 0.583. The Morgan fingerprint density at radius 2 is 2.44 bits per heavy atom. The van der Waals surface area contributed by atoms with Gasteiger partial charge in [-0.1, -0.05) is 0 Å². The lowest BCUT2D eigenvalue weighted by Crippen LogP contribution is -1.95. The normalized spacial score (nSPS) is 10.1. The Bertz CT molecular complexity index is 202. The molecule has 0 saturated carbocycles. The third kappa shape index (κ3) is 1.10. The van der Waals surface area contributed by atoms with Crippen LogP contribution in [0.15, 0.2) is 6.20 Å². The molecule has 0 fully saturated rings. The molecular formula is C6H11N3. The Balaban J connectivity index is 3.01. The van der Waals surface area contributed by atoms with Crippen molar-refractivity contribution in [3.05, 3.63) is 17.5 Å². The summed E-state index contributed by atoms with van der Waals surface area (Å²) in [6, 6.07) is 0. The summed E-state index contributed by atoms with van der Waals surface area (Å²) in [5, 5.41) is 4.12. The van der Waals surface area contributed by atoms with E-state index in [0.29, 0.717) is 6.54 Å². The minimum absolute atomic E-state index is 0.583. The van der Waals surface area contributed by atoms with Crippen LogP contribution in [-0.2, 0) is 13.6 Å². The van der Waals surface area contributed by atoms with Gasteiger partial charge in [-0.25, -0.2) is 0 Å². The van der Waals surface area contributed by atoms with Crippen molar-refractivity contribution in [3.63, 3.8) is 0 Å². The first-order valence-corrected chi connectivity index (χ1v) is 2.93. The monoisotopic (exact) mass is 125 g/mol. The molecule has 2 N–H and O–H groups in total. The third-order valence-electron chi connectivity index (χ3n) is 1.34. The summed E-state index contributed by atoms with van der Waals surface area (Å²) in [5.41, 5.74) is 7.56. The SMILES string of the molecule is Cc1nn(C)cc1CN. The second-order valence-corrected chi connectivity index (χ2v) is 2.12. The summed E-state index contributed by atoms with van der Waals surface area (Å²) in [6.45, 7) is 2.54. The van der Waals surface area contributed by atoms with Gasteiger partial charge < -0.3 is 5.73 Å². The second kappa shape index (κ2) is 2.19. The molecular weight excluding hydrogens is 114 g/mol. The van der Waals surface area contributed by atoms with Gasteiger partial charge in [0.25, 0.3) is 0 Å². The molecule has 0 radical (unpaired) electrons. The van der Waals surface area contributed by atoms with E-state index in [4.69, 9.17) is 5.73 Å². The Morgan fingerprint density at radius 1 is 1.78 bits per heavy atom. The molecule has 0 unspecified atom stereocenters. The molecule has 3 heteroatoms. The van der Waals surface area contributed by atoms with Crippen LogP contribution in [0.3, 0.4) is 0 Å². The zero-order chi connectivity index (χ0) is 6.85. The van der Waals surface area contributed by atoms with Crippen LogP contribution in [0.25, 0.3) is 0 Å². The Morgan fingerprint density at radius 3 is 2.67 bits per heavy atom. The lowest BCUT2D eigenvalue weighted by Gasteiger charge is -1.85. The van der Waals surface area contributed by atoms with Crippen LogP contribution in [0, 0.1) is 6.92 Å². The molecule has 0 bridgehead atoms. The molecule has 1 heterocycles. The van der Waals surface area contributed by atoms with E-state index in [1.54, 1.807) is 4.68 Å². The number of nitrogens with zero attached hydrogens (tertiary/aromatic N) is 2. The molecule has 0 amide bonds. The number of rotatable bonds is 1. The average molecular weight is 125 g/mol. The lowest BCUT2D eigenvalue weighted by atomic mass is 10.3. The molecule has 1 aromatic rings. The zero-order valence-electron chi connectivity index (χ0n) is 5.76. The quantitative estimate of drug-likeness (QED) is 0.582. The van der Waals surface area contributed by atoms with Gasteiger partial charge >= 0.3 is 0 Å². The first-order valence-electron chi connectivity index (χ1n) is 2.93. The van der Waals surface area contributed by atoms with E-state index in [0.717, 1.165) is 11.3 Å². The lowest BCUT2D eigenvalue weighted by molar-refractivity contribution is 0.756. The van der Waals surface area contributed by atoms with Crippen molar-refractivity contribution in [2.24, 2.45) is 12.8 Å². The van der Waals surface area contributed by atoms with Crippen molar-refractivity contribution in [1.82, 2.24) is 9.78 Å². The van der Waals surface area contributed by atoms with Crippen molar-refractivity contribution < 1.29 is 0 Å². The van der Waals surface area contributed by atoms with Crippen molar-refractivity contribution in [3.8, 4) is 0 Å². The molecule has 0 aliphatic carbocycles. The maximum Gasteiger partial charge on any atom is 0.0638 e. The minimum Gasteiger partial charge on any atom is -0.326 e. The standard InChI is InChI=1S/C6H11N3/c1-5-6(3-7)4-9(2)8-5/h4H,3,7H2,1-2H3. The van der Waals surface area contributed by atoms with Crippen LogP contribution >= 0.6 is 0 Å². The number of nitrogens with two attached hydrogens (primary N) is 1. The molecule has 50 valence electrons. The number of hydrogen-bond acceptors (Lipinski definition) is 2. The number of aryl methyl sites for hydroxylation is 2. The summed E-state index contributed by atoms with van der Waals surface area (Å²) in [7, 11) is 1.90. The van der Waals surface area contributed by atoms with E-state index in [9.17, 15) is 0 Å². The fourth-order valence-electron chi connectivity index (χ4n) is 0.849. The highest BCUT2D eigenvalue weighted by Crippen LogP contribution is 2.01. The Hall–Kier alpha value is -0.830. The molecule has 0 aromatic carbocycles. The first kappa shape index (κ1) is 6.29. The van der Waals surface area contributed by atoms with E-state index in [1.165, 1.54) is 0 Å². The van der Waals surface area contributed by atoms with Gasteiger partial charge in [-0.05, 0) is 6.92 Å². The van der Waals surface area contributed by atoms with Gasteiger partial charge in [0.15, 0.2) is 0 Å². The topological polar surface area (TPSA) is 43.8 Å². The number of hydrogen-bond donors (Lipinski definition) is 1. The highest BCUT2D eigenvalue weighted by molar-refractivity contribution is 5.14. The van der Waals surface area contributed by atoms with Gasteiger partial charge in [0, 0.05) is 25.4 Å². The number of aromatic nitrogens is 2. The van der Waals surface area contributed by atoms with E-state index in [-0.39, 0.29) is 0 Å². The van der Waals surface area contributed by atoms with Crippen LogP contribution in [0.2, 0.25) is 0 Å². The fourth-order valence-corrected chi connectivity index (χ4v) is 0.849. The van der Waals surface area contributed by atoms with Gasteiger partial charge in [0.2, 0.25) is 0 Å². The van der Waals surface area contributed by atoms with Crippen molar-refractivity contribution >= 4 is 0 Å². The highest BCUT2D eigenvalue weighted by atomic mass is 15.2. The summed E-state index contributed by atoms with van der Waals surface area (Å²) in [6.07, 6.45) is 1.94. The molecule has 1 rings (SSSR count). The molecule has 9 heavy (non-hydrogen) atoms. The van der Waals surface area contributed by atoms with Crippen LogP contribution in [-0.4, -0.2) is 9.78 Å². The third-order valence-corrected chi connectivity index (χ3v) is 1.34. The van der Waals surface area contributed by atoms with E-state index < -0.39 is 0 Å². The first-order chi connectivity index (χ1) is 4.24. The van der Waals surface area contributed by atoms with Gasteiger partial charge in [-0.15, -0.1) is 0 Å². The van der Waals surface area contributed by atoms with Crippen LogP contribution < -0.4 is 5.73 Å². The van der Waals surface area contributed by atoms with E-state index in [1.807, 2.05) is 20.2 Å². The zero-order valence-corrected chi connectivity index (χ0v) is 5.76. The second-order valence-electron chi connectivity index (χ2n) is 2.12. The molecule has 3 nitrogen and oxygen atoms in total. The van der Waals surface area contributed by atoms with Gasteiger partial charge in [-0.2, -0.15) is 5.10 Å². The summed E-state index contributed by atoms with van der Waals surface area (Å²) >= 11 is 0.